The van der Waals surface area contributed by atoms with Crippen molar-refractivity contribution in [3.05, 3.63) is 12.3 Å². The minimum Gasteiger partial charge on any atom is -0.465 e. The van der Waals surface area contributed by atoms with Crippen molar-refractivity contribution in [1.29, 1.82) is 0 Å². The molecule has 0 rings (SSSR count). The van der Waals surface area contributed by atoms with E-state index in [4.69, 9.17) is 4.74 Å². The summed E-state index contributed by atoms with van der Waals surface area (Å²) in [5.41, 5.74) is 0. The summed E-state index contributed by atoms with van der Waals surface area (Å²) in [7, 11) is 0. The molecule has 0 saturated heterocycles. The molecule has 0 unspecified atom stereocenters. The van der Waals surface area contributed by atoms with E-state index in [0.717, 1.165) is 13.0 Å². The van der Waals surface area contributed by atoms with Gasteiger partial charge in [0.1, 0.15) is 4.32 Å². The van der Waals surface area contributed by atoms with Crippen molar-refractivity contribution in [2.45, 2.75) is 31.5 Å². The van der Waals surface area contributed by atoms with E-state index in [9.17, 15) is 4.79 Å². The van der Waals surface area contributed by atoms with Gasteiger partial charge in [-0.05, 0) is 33.4 Å². The Morgan fingerprint density at radius 3 is 2.71 bits per heavy atom. The summed E-state index contributed by atoms with van der Waals surface area (Å²) in [5.74, 6) is -0.219. The summed E-state index contributed by atoms with van der Waals surface area (Å²) in [6.07, 6.45) is 4.61. The largest absolute Gasteiger partial charge is 0.465 e. The van der Waals surface area contributed by atoms with Crippen molar-refractivity contribution in [2.75, 3.05) is 13.2 Å². The average molecular weight is 264 g/mol. The Labute approximate surface area is 94.0 Å². The molecule has 0 saturated carbocycles. The first kappa shape index (κ1) is 13.5. The average Bonchev–Trinajstić information content (AvgIpc) is 2.09. The van der Waals surface area contributed by atoms with Crippen LogP contribution in [0.4, 0.5) is 0 Å². The third kappa shape index (κ3) is 6.95. The highest BCUT2D eigenvalue weighted by molar-refractivity contribution is 9.10. The monoisotopic (exact) mass is 263 g/mol. The highest BCUT2D eigenvalue weighted by atomic mass is 79.9. The van der Waals surface area contributed by atoms with Gasteiger partial charge in [0, 0.05) is 6.54 Å². The molecule has 0 aliphatic carbocycles. The fourth-order valence-corrected chi connectivity index (χ4v) is 0.826. The van der Waals surface area contributed by atoms with Gasteiger partial charge in [-0.25, -0.2) is 0 Å². The maximum absolute atomic E-state index is 11.2. The van der Waals surface area contributed by atoms with Crippen LogP contribution >= 0.6 is 15.9 Å². The van der Waals surface area contributed by atoms with E-state index < -0.39 is 4.32 Å². The van der Waals surface area contributed by atoms with Crippen LogP contribution in [-0.2, 0) is 9.53 Å². The van der Waals surface area contributed by atoms with Crippen LogP contribution in [0.25, 0.3) is 0 Å². The van der Waals surface area contributed by atoms with Crippen molar-refractivity contribution in [3.63, 3.8) is 0 Å². The first-order valence-corrected chi connectivity index (χ1v) is 5.48. The molecule has 82 valence electrons. The number of nitrogens with one attached hydrogen (secondary N) is 1. The number of halogens is 1. The molecule has 0 radical (unpaired) electrons. The minimum absolute atomic E-state index is 0.219. The van der Waals surface area contributed by atoms with Gasteiger partial charge in [0.2, 0.25) is 0 Å². The zero-order chi connectivity index (χ0) is 11.0. The second-order valence-electron chi connectivity index (χ2n) is 3.42. The molecule has 0 atom stereocenters. The van der Waals surface area contributed by atoms with Gasteiger partial charge in [-0.15, -0.1) is 0 Å². The molecule has 0 aromatic rings. The molecule has 0 heterocycles. The molecule has 0 amide bonds. The van der Waals surface area contributed by atoms with E-state index in [-0.39, 0.29) is 5.97 Å². The van der Waals surface area contributed by atoms with Crippen LogP contribution in [0.2, 0.25) is 0 Å². The number of carbonyl (C=O) groups is 1. The van der Waals surface area contributed by atoms with Crippen LogP contribution < -0.4 is 5.32 Å². The summed E-state index contributed by atoms with van der Waals surface area (Å²) in [5, 5.41) is 3.06. The quantitative estimate of drug-likeness (QED) is 0.454. The maximum Gasteiger partial charge on any atom is 0.322 e. The van der Waals surface area contributed by atoms with Gasteiger partial charge in [-0.1, -0.05) is 22.0 Å². The Balaban J connectivity index is 3.42. The van der Waals surface area contributed by atoms with Crippen LogP contribution in [-0.4, -0.2) is 23.4 Å². The van der Waals surface area contributed by atoms with Crippen molar-refractivity contribution >= 4 is 21.9 Å². The Morgan fingerprint density at radius 1 is 1.57 bits per heavy atom. The predicted molar refractivity (Wildman–Crippen MR) is 61.4 cm³/mol. The molecule has 3 nitrogen and oxygen atoms in total. The van der Waals surface area contributed by atoms with Crippen molar-refractivity contribution in [1.82, 2.24) is 5.32 Å². The smallest absolute Gasteiger partial charge is 0.322 e. The van der Waals surface area contributed by atoms with Crippen molar-refractivity contribution < 1.29 is 9.53 Å². The molecule has 0 aromatic carbocycles. The van der Waals surface area contributed by atoms with E-state index in [1.807, 2.05) is 19.2 Å². The van der Waals surface area contributed by atoms with Crippen molar-refractivity contribution in [2.24, 2.45) is 0 Å². The summed E-state index contributed by atoms with van der Waals surface area (Å²) in [6.45, 7) is 6.76. The molecular weight excluding hydrogens is 246 g/mol. The second kappa shape index (κ2) is 6.87. The third-order valence-corrected chi connectivity index (χ3v) is 1.79. The standard InChI is InChI=1S/C10H18BrNO2/c1-4-6-12-7-5-8-14-9(13)10(2,3)11/h4,6,12H,5,7-8H2,1-3H3/b6-4+. The number of carbonyl (C=O) groups excluding carboxylic acids is 1. The Hall–Kier alpha value is -0.510. The third-order valence-electron chi connectivity index (χ3n) is 1.47. The van der Waals surface area contributed by atoms with Crippen LogP contribution in [0.5, 0.6) is 0 Å². The fourth-order valence-electron chi connectivity index (χ4n) is 0.712. The number of hydrogen-bond acceptors (Lipinski definition) is 3. The van der Waals surface area contributed by atoms with Gasteiger partial charge in [0.25, 0.3) is 0 Å². The summed E-state index contributed by atoms with van der Waals surface area (Å²) < 4.78 is 4.46. The molecule has 4 heteroatoms. The lowest BCUT2D eigenvalue weighted by Crippen LogP contribution is -2.27. The SMILES string of the molecule is C/C=C/NCCCOC(=O)C(C)(C)Br. The lowest BCUT2D eigenvalue weighted by Gasteiger charge is -2.14. The fraction of sp³-hybridized carbons (Fsp3) is 0.700. The van der Waals surface area contributed by atoms with Crippen LogP contribution in [0, 0.1) is 0 Å². The van der Waals surface area contributed by atoms with Crippen molar-refractivity contribution in [3.8, 4) is 0 Å². The van der Waals surface area contributed by atoms with E-state index in [0.29, 0.717) is 6.61 Å². The van der Waals surface area contributed by atoms with Crippen LogP contribution in [0.3, 0.4) is 0 Å². The summed E-state index contributed by atoms with van der Waals surface area (Å²) in [4.78, 5) is 11.2. The van der Waals surface area contributed by atoms with E-state index in [2.05, 4.69) is 21.2 Å². The van der Waals surface area contributed by atoms with Gasteiger partial charge in [0.05, 0.1) is 6.61 Å². The van der Waals surface area contributed by atoms with Gasteiger partial charge in [0.15, 0.2) is 0 Å². The molecule has 0 bridgehead atoms. The van der Waals surface area contributed by atoms with Gasteiger partial charge >= 0.3 is 5.97 Å². The second-order valence-corrected chi connectivity index (χ2v) is 5.40. The van der Waals surface area contributed by atoms with Gasteiger partial charge in [-0.2, -0.15) is 0 Å². The molecule has 0 aliphatic rings. The van der Waals surface area contributed by atoms with Gasteiger partial charge < -0.3 is 10.1 Å². The number of esters is 1. The van der Waals surface area contributed by atoms with Crippen LogP contribution in [0.15, 0.2) is 12.3 Å². The Morgan fingerprint density at radius 2 is 2.21 bits per heavy atom. The highest BCUT2D eigenvalue weighted by Gasteiger charge is 2.24. The lowest BCUT2D eigenvalue weighted by molar-refractivity contribution is -0.145. The molecule has 14 heavy (non-hydrogen) atoms. The number of hydrogen-bond donors (Lipinski definition) is 1. The predicted octanol–water partition coefficient (Wildman–Crippen LogP) is 2.22. The number of rotatable bonds is 6. The first-order chi connectivity index (χ1) is 6.48. The zero-order valence-corrected chi connectivity index (χ0v) is 10.6. The Bertz CT molecular complexity index is 197. The normalized spacial score (nSPS) is 11.7. The number of ether oxygens (including phenoxy) is 1. The molecule has 1 N–H and O–H groups in total. The number of alkyl halides is 1. The van der Waals surface area contributed by atoms with E-state index in [1.165, 1.54) is 0 Å². The minimum atomic E-state index is -0.580. The Kier molecular flexibility index (Phi) is 6.62. The van der Waals surface area contributed by atoms with Gasteiger partial charge in [-0.3, -0.25) is 4.79 Å². The van der Waals surface area contributed by atoms with Crippen LogP contribution in [0.1, 0.15) is 27.2 Å². The first-order valence-electron chi connectivity index (χ1n) is 4.69. The molecule has 0 fully saturated rings. The van der Waals surface area contributed by atoms with E-state index >= 15 is 0 Å². The zero-order valence-electron chi connectivity index (χ0n) is 8.97. The van der Waals surface area contributed by atoms with E-state index in [1.54, 1.807) is 13.8 Å². The topological polar surface area (TPSA) is 38.3 Å². The molecule has 0 spiro atoms. The summed E-state index contributed by atoms with van der Waals surface area (Å²) >= 11 is 3.24. The maximum atomic E-state index is 11.2. The molecular formula is C10H18BrNO2. The molecule has 0 aliphatic heterocycles. The highest BCUT2D eigenvalue weighted by Crippen LogP contribution is 2.17. The summed E-state index contributed by atoms with van der Waals surface area (Å²) in [6, 6.07) is 0. The lowest BCUT2D eigenvalue weighted by atomic mass is 10.2. The number of allylic oxidation sites excluding steroid dienone is 1. The molecule has 0 aromatic heterocycles.